The van der Waals surface area contributed by atoms with Gasteiger partial charge < -0.3 is 4.74 Å². The number of carbonyl (C=O) groups is 1. The number of hydrogen-bond acceptors (Lipinski definition) is 2. The molecule has 0 radical (unpaired) electrons. The Bertz CT molecular complexity index is 161. The summed E-state index contributed by atoms with van der Waals surface area (Å²) in [5.41, 5.74) is 0. The van der Waals surface area contributed by atoms with E-state index in [-0.39, 0.29) is 12.1 Å². The molecule has 0 rings (SSSR count). The standard InChI is InChI=1S/C10H18O2/c1-5-6-7-8(2)9(3)12-10(4)11/h5-6,8-9H,7H2,1-4H3. The van der Waals surface area contributed by atoms with Gasteiger partial charge in [0.1, 0.15) is 6.10 Å². The second-order valence-electron chi connectivity index (χ2n) is 3.10. The van der Waals surface area contributed by atoms with Crippen LogP contribution < -0.4 is 0 Å². The molecule has 2 nitrogen and oxygen atoms in total. The van der Waals surface area contributed by atoms with E-state index in [4.69, 9.17) is 4.74 Å². The van der Waals surface area contributed by atoms with Crippen LogP contribution in [0.1, 0.15) is 34.1 Å². The lowest BCUT2D eigenvalue weighted by molar-refractivity contribution is -0.147. The molecule has 0 fully saturated rings. The lowest BCUT2D eigenvalue weighted by atomic mass is 10.0. The Kier molecular flexibility index (Phi) is 5.43. The summed E-state index contributed by atoms with van der Waals surface area (Å²) in [7, 11) is 0. The fourth-order valence-electron chi connectivity index (χ4n) is 0.920. The molecule has 0 heterocycles. The van der Waals surface area contributed by atoms with Crippen molar-refractivity contribution in [2.24, 2.45) is 5.92 Å². The topological polar surface area (TPSA) is 26.3 Å². The van der Waals surface area contributed by atoms with E-state index in [1.165, 1.54) is 6.92 Å². The summed E-state index contributed by atoms with van der Waals surface area (Å²) in [4.78, 5) is 10.6. The van der Waals surface area contributed by atoms with Crippen LogP contribution in [0.3, 0.4) is 0 Å². The van der Waals surface area contributed by atoms with Gasteiger partial charge in [0.2, 0.25) is 0 Å². The van der Waals surface area contributed by atoms with Crippen molar-refractivity contribution in [1.29, 1.82) is 0 Å². The maximum absolute atomic E-state index is 10.6. The maximum atomic E-state index is 10.6. The van der Waals surface area contributed by atoms with Gasteiger partial charge in [-0.2, -0.15) is 0 Å². The summed E-state index contributed by atoms with van der Waals surface area (Å²) in [5.74, 6) is 0.194. The molecule has 0 spiro atoms. The highest BCUT2D eigenvalue weighted by Gasteiger charge is 2.12. The highest BCUT2D eigenvalue weighted by atomic mass is 16.5. The molecule has 0 aliphatic heterocycles. The van der Waals surface area contributed by atoms with Gasteiger partial charge in [0.15, 0.2) is 0 Å². The van der Waals surface area contributed by atoms with Gasteiger partial charge in [-0.3, -0.25) is 4.79 Å². The molecule has 2 unspecified atom stereocenters. The molecule has 0 amide bonds. The van der Waals surface area contributed by atoms with Crippen molar-refractivity contribution in [3.05, 3.63) is 12.2 Å². The monoisotopic (exact) mass is 170 g/mol. The minimum atomic E-state index is -0.199. The molecule has 0 bridgehead atoms. The Morgan fingerprint density at radius 2 is 2.08 bits per heavy atom. The van der Waals surface area contributed by atoms with E-state index in [0.717, 1.165) is 6.42 Å². The van der Waals surface area contributed by atoms with Gasteiger partial charge in [0.05, 0.1) is 0 Å². The molecule has 70 valence electrons. The van der Waals surface area contributed by atoms with Crippen molar-refractivity contribution >= 4 is 5.97 Å². The molecular weight excluding hydrogens is 152 g/mol. The SMILES string of the molecule is CC=CCC(C)C(C)OC(C)=O. The zero-order valence-corrected chi connectivity index (χ0v) is 8.33. The van der Waals surface area contributed by atoms with Crippen LogP contribution in [0, 0.1) is 5.92 Å². The molecule has 0 aliphatic rings. The Hall–Kier alpha value is -0.790. The molecular formula is C10H18O2. The van der Waals surface area contributed by atoms with Gasteiger partial charge >= 0.3 is 5.97 Å². The van der Waals surface area contributed by atoms with Crippen molar-refractivity contribution < 1.29 is 9.53 Å². The second kappa shape index (κ2) is 5.81. The summed E-state index contributed by atoms with van der Waals surface area (Å²) in [5, 5.41) is 0. The number of allylic oxidation sites excluding steroid dienone is 2. The van der Waals surface area contributed by atoms with Crippen LogP contribution in [-0.4, -0.2) is 12.1 Å². The summed E-state index contributed by atoms with van der Waals surface area (Å²) < 4.78 is 5.04. The summed E-state index contributed by atoms with van der Waals surface area (Å²) >= 11 is 0. The average Bonchev–Trinajstić information content (AvgIpc) is 1.98. The normalized spacial score (nSPS) is 16.0. The number of rotatable bonds is 4. The van der Waals surface area contributed by atoms with Gasteiger partial charge in [-0.25, -0.2) is 0 Å². The first kappa shape index (κ1) is 11.2. The molecule has 2 heteroatoms. The van der Waals surface area contributed by atoms with Crippen LogP contribution >= 0.6 is 0 Å². The smallest absolute Gasteiger partial charge is 0.302 e. The third kappa shape index (κ3) is 4.94. The largest absolute Gasteiger partial charge is 0.463 e. The molecule has 0 N–H and O–H groups in total. The van der Waals surface area contributed by atoms with Crippen LogP contribution in [0.15, 0.2) is 12.2 Å². The fraction of sp³-hybridized carbons (Fsp3) is 0.700. The third-order valence-corrected chi connectivity index (χ3v) is 1.90. The number of esters is 1. The predicted octanol–water partition coefficient (Wildman–Crippen LogP) is 2.54. The van der Waals surface area contributed by atoms with E-state index in [1.807, 2.05) is 19.9 Å². The van der Waals surface area contributed by atoms with Crippen LogP contribution in [0.5, 0.6) is 0 Å². The van der Waals surface area contributed by atoms with Crippen LogP contribution in [-0.2, 0) is 9.53 Å². The van der Waals surface area contributed by atoms with E-state index in [9.17, 15) is 4.79 Å². The Labute approximate surface area is 74.6 Å². The summed E-state index contributed by atoms with van der Waals surface area (Å²) in [6, 6.07) is 0. The van der Waals surface area contributed by atoms with Gasteiger partial charge in [-0.15, -0.1) is 0 Å². The Morgan fingerprint density at radius 1 is 1.50 bits per heavy atom. The van der Waals surface area contributed by atoms with Crippen molar-refractivity contribution in [2.45, 2.75) is 40.2 Å². The highest BCUT2D eigenvalue weighted by Crippen LogP contribution is 2.11. The van der Waals surface area contributed by atoms with E-state index in [0.29, 0.717) is 5.92 Å². The molecule has 0 saturated carbocycles. The number of ether oxygens (including phenoxy) is 1. The van der Waals surface area contributed by atoms with E-state index >= 15 is 0 Å². The predicted molar refractivity (Wildman–Crippen MR) is 49.8 cm³/mol. The van der Waals surface area contributed by atoms with Crippen molar-refractivity contribution in [3.8, 4) is 0 Å². The zero-order valence-electron chi connectivity index (χ0n) is 8.33. The first-order chi connectivity index (χ1) is 5.57. The van der Waals surface area contributed by atoms with E-state index in [1.54, 1.807) is 0 Å². The highest BCUT2D eigenvalue weighted by molar-refractivity contribution is 5.66. The molecule has 0 aromatic rings. The summed E-state index contributed by atoms with van der Waals surface area (Å²) in [6.07, 6.45) is 5.07. The van der Waals surface area contributed by atoms with Crippen molar-refractivity contribution in [3.63, 3.8) is 0 Å². The van der Waals surface area contributed by atoms with E-state index in [2.05, 4.69) is 13.0 Å². The molecule has 0 saturated heterocycles. The van der Waals surface area contributed by atoms with Gasteiger partial charge in [0.25, 0.3) is 0 Å². The minimum absolute atomic E-state index is 0.0127. The minimum Gasteiger partial charge on any atom is -0.463 e. The fourth-order valence-corrected chi connectivity index (χ4v) is 0.920. The van der Waals surface area contributed by atoms with Crippen molar-refractivity contribution in [2.75, 3.05) is 0 Å². The number of carbonyl (C=O) groups excluding carboxylic acids is 1. The quantitative estimate of drug-likeness (QED) is 0.478. The van der Waals surface area contributed by atoms with Crippen LogP contribution in [0.2, 0.25) is 0 Å². The number of hydrogen-bond donors (Lipinski definition) is 0. The van der Waals surface area contributed by atoms with Gasteiger partial charge in [-0.05, 0) is 26.2 Å². The Balaban J connectivity index is 3.75. The molecule has 2 atom stereocenters. The van der Waals surface area contributed by atoms with Crippen LogP contribution in [0.4, 0.5) is 0 Å². The maximum Gasteiger partial charge on any atom is 0.302 e. The van der Waals surface area contributed by atoms with Gasteiger partial charge in [0, 0.05) is 6.92 Å². The molecule has 0 aliphatic carbocycles. The summed E-state index contributed by atoms with van der Waals surface area (Å²) in [6.45, 7) is 7.44. The van der Waals surface area contributed by atoms with Crippen molar-refractivity contribution in [1.82, 2.24) is 0 Å². The lowest BCUT2D eigenvalue weighted by Crippen LogP contribution is -2.20. The molecule has 0 aromatic carbocycles. The molecule has 12 heavy (non-hydrogen) atoms. The zero-order chi connectivity index (χ0) is 9.56. The first-order valence-corrected chi connectivity index (χ1v) is 4.36. The van der Waals surface area contributed by atoms with Gasteiger partial charge in [-0.1, -0.05) is 19.1 Å². The molecule has 0 aromatic heterocycles. The third-order valence-electron chi connectivity index (χ3n) is 1.90. The van der Waals surface area contributed by atoms with Crippen LogP contribution in [0.25, 0.3) is 0 Å². The Morgan fingerprint density at radius 3 is 2.50 bits per heavy atom. The lowest BCUT2D eigenvalue weighted by Gasteiger charge is -2.17. The first-order valence-electron chi connectivity index (χ1n) is 4.36. The van der Waals surface area contributed by atoms with E-state index < -0.39 is 0 Å². The average molecular weight is 170 g/mol. The second-order valence-corrected chi connectivity index (χ2v) is 3.10.